The number of fused-ring (bicyclic) bond motifs is 1. The molecule has 1 aliphatic rings. The van der Waals surface area contributed by atoms with E-state index in [-0.39, 0.29) is 11.9 Å². The molecule has 110 valence electrons. The highest BCUT2D eigenvalue weighted by Crippen LogP contribution is 2.33. The van der Waals surface area contributed by atoms with Crippen LogP contribution in [0.5, 0.6) is 5.75 Å². The molecule has 2 nitrogen and oxygen atoms in total. The molecule has 0 saturated heterocycles. The Morgan fingerprint density at radius 2 is 1.95 bits per heavy atom. The molecule has 0 fully saturated rings. The average molecular weight is 350 g/mol. The van der Waals surface area contributed by atoms with Crippen molar-refractivity contribution in [2.75, 3.05) is 6.61 Å². The lowest BCUT2D eigenvalue weighted by Gasteiger charge is -2.15. The molecule has 1 heterocycles. The second-order valence-electron chi connectivity index (χ2n) is 5.41. The molecule has 0 aliphatic carbocycles. The second kappa shape index (κ2) is 6.16. The normalized spacial score (nSPS) is 14.6. The van der Waals surface area contributed by atoms with Crippen LogP contribution in [-0.4, -0.2) is 12.6 Å². The van der Waals surface area contributed by atoms with Gasteiger partial charge in [-0.2, -0.15) is 0 Å². The number of ether oxygens (including phenoxy) is 1. The van der Waals surface area contributed by atoms with Gasteiger partial charge >= 0.3 is 0 Å². The first-order valence-electron chi connectivity index (χ1n) is 7.06. The summed E-state index contributed by atoms with van der Waals surface area (Å²) < 4.78 is 20.4. The van der Waals surface area contributed by atoms with Gasteiger partial charge in [0.2, 0.25) is 0 Å². The van der Waals surface area contributed by atoms with Crippen LogP contribution in [0, 0.1) is 5.82 Å². The Hall–Kier alpha value is -1.39. The molecule has 0 bridgehead atoms. The van der Waals surface area contributed by atoms with Crippen molar-refractivity contribution < 1.29 is 9.13 Å². The van der Waals surface area contributed by atoms with Crippen molar-refractivity contribution in [3.8, 4) is 5.75 Å². The predicted octanol–water partition coefficient (Wildman–Crippen LogP) is 3.64. The van der Waals surface area contributed by atoms with E-state index in [1.54, 1.807) is 12.1 Å². The third-order valence-corrected chi connectivity index (χ3v) is 4.21. The summed E-state index contributed by atoms with van der Waals surface area (Å²) in [7, 11) is 0. The molecule has 0 amide bonds. The van der Waals surface area contributed by atoms with Crippen molar-refractivity contribution in [3.05, 3.63) is 63.4 Å². The Bertz CT molecular complexity index is 659. The van der Waals surface area contributed by atoms with Crippen LogP contribution in [0.4, 0.5) is 4.39 Å². The number of rotatable bonds is 4. The summed E-state index contributed by atoms with van der Waals surface area (Å²) in [5.74, 6) is 0.769. The highest BCUT2D eigenvalue weighted by atomic mass is 79.9. The summed E-state index contributed by atoms with van der Waals surface area (Å²) in [5.41, 5.74) is 9.20. The maximum absolute atomic E-state index is 13.7. The summed E-state index contributed by atoms with van der Waals surface area (Å²) >= 11 is 3.53. The molecule has 21 heavy (non-hydrogen) atoms. The highest BCUT2D eigenvalue weighted by Gasteiger charge is 2.19. The van der Waals surface area contributed by atoms with Gasteiger partial charge in [0, 0.05) is 16.9 Å². The third kappa shape index (κ3) is 3.27. The quantitative estimate of drug-likeness (QED) is 0.914. The van der Waals surface area contributed by atoms with E-state index in [1.807, 2.05) is 12.1 Å². The second-order valence-corrected chi connectivity index (χ2v) is 6.33. The molecule has 0 radical (unpaired) electrons. The van der Waals surface area contributed by atoms with Crippen molar-refractivity contribution in [2.45, 2.75) is 25.3 Å². The Morgan fingerprint density at radius 3 is 2.76 bits per heavy atom. The minimum absolute atomic E-state index is 0.135. The standard InChI is InChI=1S/C17H17BrFNO/c18-14-7-12-5-6-21-17(12)13(8-14)10-15(20)9-11-3-1-2-4-16(11)19/h1-4,7-8,15H,5-6,9-10,20H2. The summed E-state index contributed by atoms with van der Waals surface area (Å²) in [5, 5.41) is 0. The van der Waals surface area contributed by atoms with E-state index in [0.717, 1.165) is 28.8 Å². The molecule has 0 aromatic heterocycles. The molecular weight excluding hydrogens is 333 g/mol. The summed E-state index contributed by atoms with van der Waals surface area (Å²) in [6.45, 7) is 0.724. The van der Waals surface area contributed by atoms with E-state index >= 15 is 0 Å². The number of nitrogens with two attached hydrogens (primary N) is 1. The van der Waals surface area contributed by atoms with E-state index in [1.165, 1.54) is 11.6 Å². The fourth-order valence-corrected chi connectivity index (χ4v) is 3.35. The fraction of sp³-hybridized carbons (Fsp3) is 0.294. The van der Waals surface area contributed by atoms with Gasteiger partial charge in [-0.3, -0.25) is 0 Å². The van der Waals surface area contributed by atoms with Crippen LogP contribution in [-0.2, 0) is 19.3 Å². The van der Waals surface area contributed by atoms with Crippen molar-refractivity contribution in [2.24, 2.45) is 5.73 Å². The van der Waals surface area contributed by atoms with Gasteiger partial charge in [-0.25, -0.2) is 4.39 Å². The van der Waals surface area contributed by atoms with E-state index in [4.69, 9.17) is 10.5 Å². The van der Waals surface area contributed by atoms with Crippen molar-refractivity contribution >= 4 is 15.9 Å². The van der Waals surface area contributed by atoms with E-state index in [2.05, 4.69) is 22.0 Å². The molecule has 1 unspecified atom stereocenters. The van der Waals surface area contributed by atoms with Crippen LogP contribution >= 0.6 is 15.9 Å². The van der Waals surface area contributed by atoms with E-state index in [9.17, 15) is 4.39 Å². The van der Waals surface area contributed by atoms with Gasteiger partial charge in [0.25, 0.3) is 0 Å². The topological polar surface area (TPSA) is 35.2 Å². The minimum atomic E-state index is -0.191. The molecule has 1 aliphatic heterocycles. The van der Waals surface area contributed by atoms with Crippen molar-refractivity contribution in [3.63, 3.8) is 0 Å². The van der Waals surface area contributed by atoms with Gasteiger partial charge in [0.15, 0.2) is 0 Å². The highest BCUT2D eigenvalue weighted by molar-refractivity contribution is 9.10. The Kier molecular flexibility index (Phi) is 4.27. The lowest BCUT2D eigenvalue weighted by molar-refractivity contribution is 0.352. The molecule has 0 saturated carbocycles. The number of hydrogen-bond donors (Lipinski definition) is 1. The van der Waals surface area contributed by atoms with Crippen LogP contribution in [0.15, 0.2) is 40.9 Å². The predicted molar refractivity (Wildman–Crippen MR) is 85.1 cm³/mol. The van der Waals surface area contributed by atoms with Crippen molar-refractivity contribution in [1.29, 1.82) is 0 Å². The van der Waals surface area contributed by atoms with E-state index in [0.29, 0.717) is 18.4 Å². The first kappa shape index (κ1) is 14.5. The van der Waals surface area contributed by atoms with Gasteiger partial charge in [-0.15, -0.1) is 0 Å². The van der Waals surface area contributed by atoms with Crippen molar-refractivity contribution in [1.82, 2.24) is 0 Å². The maximum Gasteiger partial charge on any atom is 0.126 e. The number of hydrogen-bond acceptors (Lipinski definition) is 2. The number of halogens is 2. The monoisotopic (exact) mass is 349 g/mol. The van der Waals surface area contributed by atoms with Crippen LogP contribution < -0.4 is 10.5 Å². The average Bonchev–Trinajstić information content (AvgIpc) is 2.89. The molecule has 2 N–H and O–H groups in total. The van der Waals surface area contributed by atoms with Gasteiger partial charge in [0.05, 0.1) is 6.61 Å². The van der Waals surface area contributed by atoms with Gasteiger partial charge in [-0.05, 0) is 47.7 Å². The summed E-state index contributed by atoms with van der Waals surface area (Å²) in [4.78, 5) is 0. The zero-order valence-corrected chi connectivity index (χ0v) is 13.2. The zero-order chi connectivity index (χ0) is 14.8. The van der Waals surface area contributed by atoms with Crippen LogP contribution in [0.25, 0.3) is 0 Å². The number of benzene rings is 2. The van der Waals surface area contributed by atoms with Crippen LogP contribution in [0.3, 0.4) is 0 Å². The van der Waals surface area contributed by atoms with Gasteiger partial charge in [-0.1, -0.05) is 34.1 Å². The molecule has 1 atom stereocenters. The Morgan fingerprint density at radius 1 is 1.19 bits per heavy atom. The largest absolute Gasteiger partial charge is 0.493 e. The lowest BCUT2D eigenvalue weighted by atomic mass is 9.97. The summed E-state index contributed by atoms with van der Waals surface area (Å²) in [6, 6.07) is 10.8. The first-order chi connectivity index (χ1) is 10.1. The third-order valence-electron chi connectivity index (χ3n) is 3.75. The van der Waals surface area contributed by atoms with E-state index < -0.39 is 0 Å². The molecule has 2 aromatic carbocycles. The zero-order valence-electron chi connectivity index (χ0n) is 11.6. The minimum Gasteiger partial charge on any atom is -0.493 e. The fourth-order valence-electron chi connectivity index (χ4n) is 2.80. The van der Waals surface area contributed by atoms with Crippen LogP contribution in [0.2, 0.25) is 0 Å². The van der Waals surface area contributed by atoms with Crippen LogP contribution in [0.1, 0.15) is 16.7 Å². The Labute approximate surface area is 132 Å². The molecule has 0 spiro atoms. The Balaban J connectivity index is 1.77. The molecule has 2 aromatic rings. The maximum atomic E-state index is 13.7. The SMILES string of the molecule is NC(Cc1ccccc1F)Cc1cc(Br)cc2c1OCC2. The van der Waals surface area contributed by atoms with Gasteiger partial charge < -0.3 is 10.5 Å². The molecule has 3 rings (SSSR count). The van der Waals surface area contributed by atoms with Gasteiger partial charge in [0.1, 0.15) is 11.6 Å². The summed E-state index contributed by atoms with van der Waals surface area (Å²) in [6.07, 6.45) is 2.13. The smallest absolute Gasteiger partial charge is 0.126 e. The molecule has 4 heteroatoms. The lowest BCUT2D eigenvalue weighted by Crippen LogP contribution is -2.26. The first-order valence-corrected chi connectivity index (χ1v) is 7.86. The molecular formula is C17H17BrFNO.